The maximum absolute atomic E-state index is 11.7. The molecule has 0 aliphatic heterocycles. The molecule has 1 N–H and O–H groups in total. The van der Waals surface area contributed by atoms with Crippen molar-refractivity contribution in [1.82, 2.24) is 5.32 Å². The maximum Gasteiger partial charge on any atom is 0.257 e. The van der Waals surface area contributed by atoms with Crippen molar-refractivity contribution in [3.8, 4) is 5.75 Å². The third-order valence-corrected chi connectivity index (χ3v) is 3.44. The average Bonchev–Trinajstić information content (AvgIpc) is 2.33. The number of benzene rings is 1. The van der Waals surface area contributed by atoms with Crippen LogP contribution in [-0.2, 0) is 4.79 Å². The van der Waals surface area contributed by atoms with E-state index in [2.05, 4.69) is 42.0 Å². The molecule has 0 heterocycles. The smallest absolute Gasteiger partial charge is 0.257 e. The molecule has 1 unspecified atom stereocenters. The Bertz CT molecular complexity index is 428. The molecule has 0 saturated heterocycles. The molecule has 1 rings (SSSR count). The highest BCUT2D eigenvalue weighted by atomic mass is 79.9. The van der Waals surface area contributed by atoms with Crippen molar-refractivity contribution in [3.63, 3.8) is 0 Å². The van der Waals surface area contributed by atoms with Crippen molar-refractivity contribution in [1.29, 1.82) is 0 Å². The topological polar surface area (TPSA) is 38.3 Å². The van der Waals surface area contributed by atoms with Gasteiger partial charge in [0.05, 0.1) is 0 Å². The first kappa shape index (κ1) is 17.3. The lowest BCUT2D eigenvalue weighted by Crippen LogP contribution is -2.34. The zero-order chi connectivity index (χ0) is 15.2. The molecule has 112 valence electrons. The predicted octanol–water partition coefficient (Wildman–Crippen LogP) is 4.03. The molecule has 0 saturated carbocycles. The number of hydrogen-bond acceptors (Lipinski definition) is 2. The quantitative estimate of drug-likeness (QED) is 0.776. The summed E-state index contributed by atoms with van der Waals surface area (Å²) in [7, 11) is 0. The fraction of sp³-hybridized carbons (Fsp3) is 0.533. The molecular weight excluding hydrogens is 342 g/mol. The Morgan fingerprint density at radius 2 is 1.95 bits per heavy atom. The number of alkyl halides is 1. The van der Waals surface area contributed by atoms with Crippen LogP contribution in [0.5, 0.6) is 5.75 Å². The summed E-state index contributed by atoms with van der Waals surface area (Å²) in [6.45, 7) is 7.13. The molecule has 1 aromatic rings. The van der Waals surface area contributed by atoms with Gasteiger partial charge in [0.25, 0.3) is 5.91 Å². The first-order valence-corrected chi connectivity index (χ1v) is 7.85. The van der Waals surface area contributed by atoms with Crippen molar-refractivity contribution in [2.45, 2.75) is 32.0 Å². The Kier molecular flexibility index (Phi) is 6.83. The predicted molar refractivity (Wildman–Crippen MR) is 86.7 cm³/mol. The Labute approximate surface area is 134 Å². The summed E-state index contributed by atoms with van der Waals surface area (Å²) in [6.07, 6.45) is 0.991. The van der Waals surface area contributed by atoms with Gasteiger partial charge >= 0.3 is 0 Å². The van der Waals surface area contributed by atoms with Crippen LogP contribution in [0.2, 0.25) is 5.02 Å². The Balaban J connectivity index is 2.25. The van der Waals surface area contributed by atoms with Crippen molar-refractivity contribution in [2.24, 2.45) is 5.41 Å². The van der Waals surface area contributed by atoms with Crippen LogP contribution < -0.4 is 10.1 Å². The average molecular weight is 363 g/mol. The van der Waals surface area contributed by atoms with Gasteiger partial charge in [0.2, 0.25) is 0 Å². The van der Waals surface area contributed by atoms with Crippen molar-refractivity contribution in [3.05, 3.63) is 29.3 Å². The lowest BCUT2D eigenvalue weighted by molar-refractivity contribution is -0.123. The summed E-state index contributed by atoms with van der Waals surface area (Å²) in [4.78, 5) is 11.9. The molecule has 0 bridgehead atoms. The first-order valence-electron chi connectivity index (χ1n) is 6.55. The molecule has 1 aromatic carbocycles. The van der Waals surface area contributed by atoms with Crippen LogP contribution in [0.15, 0.2) is 24.3 Å². The van der Waals surface area contributed by atoms with Gasteiger partial charge in [-0.25, -0.2) is 0 Å². The van der Waals surface area contributed by atoms with E-state index >= 15 is 0 Å². The number of nitrogens with one attached hydrogen (secondary N) is 1. The van der Waals surface area contributed by atoms with Crippen molar-refractivity contribution >= 4 is 33.4 Å². The van der Waals surface area contributed by atoms with E-state index in [1.165, 1.54) is 0 Å². The van der Waals surface area contributed by atoms with E-state index in [-0.39, 0.29) is 22.8 Å². The molecule has 0 aliphatic rings. The van der Waals surface area contributed by atoms with E-state index in [1.54, 1.807) is 24.3 Å². The van der Waals surface area contributed by atoms with Crippen molar-refractivity contribution in [2.75, 3.05) is 13.2 Å². The fourth-order valence-corrected chi connectivity index (χ4v) is 2.95. The monoisotopic (exact) mass is 361 g/mol. The van der Waals surface area contributed by atoms with E-state index in [0.29, 0.717) is 17.3 Å². The van der Waals surface area contributed by atoms with E-state index in [1.807, 2.05) is 0 Å². The summed E-state index contributed by atoms with van der Waals surface area (Å²) >= 11 is 9.35. The number of amides is 1. The second-order valence-corrected chi connectivity index (χ2v) is 7.64. The molecule has 0 spiro atoms. The second kappa shape index (κ2) is 7.89. The van der Waals surface area contributed by atoms with Crippen LogP contribution in [0, 0.1) is 5.41 Å². The van der Waals surface area contributed by atoms with E-state index in [4.69, 9.17) is 16.3 Å². The third kappa shape index (κ3) is 7.75. The molecule has 0 aromatic heterocycles. The highest BCUT2D eigenvalue weighted by molar-refractivity contribution is 9.09. The van der Waals surface area contributed by atoms with Gasteiger partial charge in [-0.1, -0.05) is 48.3 Å². The highest BCUT2D eigenvalue weighted by Gasteiger charge is 2.17. The van der Waals surface area contributed by atoms with Crippen LogP contribution in [-0.4, -0.2) is 23.9 Å². The van der Waals surface area contributed by atoms with Gasteiger partial charge in [-0.3, -0.25) is 4.79 Å². The largest absolute Gasteiger partial charge is 0.484 e. The van der Waals surface area contributed by atoms with E-state index in [0.717, 1.165) is 6.42 Å². The van der Waals surface area contributed by atoms with Gasteiger partial charge < -0.3 is 10.1 Å². The van der Waals surface area contributed by atoms with Crippen LogP contribution in [0.25, 0.3) is 0 Å². The standard InChI is InChI=1S/C15H21BrClNO2/c1-15(2,3)8-11(16)9-18-14(19)10-20-13-6-4-12(17)5-7-13/h4-7,11H,8-10H2,1-3H3,(H,18,19). The highest BCUT2D eigenvalue weighted by Crippen LogP contribution is 2.24. The second-order valence-electron chi connectivity index (χ2n) is 5.91. The summed E-state index contributed by atoms with van der Waals surface area (Å²) in [5, 5.41) is 3.49. The normalized spacial score (nSPS) is 12.8. The number of hydrogen-bond donors (Lipinski definition) is 1. The number of ether oxygens (including phenoxy) is 1. The first-order chi connectivity index (χ1) is 9.26. The van der Waals surface area contributed by atoms with Crippen LogP contribution in [0.3, 0.4) is 0 Å². The molecule has 1 atom stereocenters. The van der Waals surface area contributed by atoms with Crippen LogP contribution >= 0.6 is 27.5 Å². The zero-order valence-electron chi connectivity index (χ0n) is 12.1. The Morgan fingerprint density at radius 1 is 1.35 bits per heavy atom. The lowest BCUT2D eigenvalue weighted by atomic mass is 9.90. The van der Waals surface area contributed by atoms with Gasteiger partial charge in [0, 0.05) is 16.4 Å². The minimum atomic E-state index is -0.127. The lowest BCUT2D eigenvalue weighted by Gasteiger charge is -2.22. The van der Waals surface area contributed by atoms with Gasteiger partial charge in [0.1, 0.15) is 5.75 Å². The van der Waals surface area contributed by atoms with Gasteiger partial charge in [-0.2, -0.15) is 0 Å². The van der Waals surface area contributed by atoms with Gasteiger partial charge in [0.15, 0.2) is 6.61 Å². The molecule has 1 amide bonds. The van der Waals surface area contributed by atoms with E-state index < -0.39 is 0 Å². The van der Waals surface area contributed by atoms with E-state index in [9.17, 15) is 4.79 Å². The molecule has 5 heteroatoms. The maximum atomic E-state index is 11.7. The summed E-state index contributed by atoms with van der Waals surface area (Å²) < 4.78 is 5.37. The number of rotatable bonds is 6. The molecule has 0 aliphatic carbocycles. The van der Waals surface area contributed by atoms with Gasteiger partial charge in [-0.15, -0.1) is 0 Å². The Morgan fingerprint density at radius 3 is 2.50 bits per heavy atom. The van der Waals surface area contributed by atoms with Crippen LogP contribution in [0.1, 0.15) is 27.2 Å². The summed E-state index contributed by atoms with van der Waals surface area (Å²) in [6, 6.07) is 6.93. The van der Waals surface area contributed by atoms with Gasteiger partial charge in [-0.05, 0) is 36.1 Å². The fourth-order valence-electron chi connectivity index (χ4n) is 1.69. The zero-order valence-corrected chi connectivity index (χ0v) is 14.4. The minimum Gasteiger partial charge on any atom is -0.484 e. The number of halogens is 2. The Hall–Kier alpha value is -0.740. The minimum absolute atomic E-state index is 0.0108. The number of carbonyl (C=O) groups is 1. The van der Waals surface area contributed by atoms with Crippen molar-refractivity contribution < 1.29 is 9.53 Å². The van der Waals surface area contributed by atoms with Crippen LogP contribution in [0.4, 0.5) is 0 Å². The summed E-state index contributed by atoms with van der Waals surface area (Å²) in [5.41, 5.74) is 0.235. The number of carbonyl (C=O) groups excluding carboxylic acids is 1. The SMILES string of the molecule is CC(C)(C)CC(Br)CNC(=O)COc1ccc(Cl)cc1. The molecular formula is C15H21BrClNO2. The molecule has 3 nitrogen and oxygen atoms in total. The third-order valence-electron chi connectivity index (χ3n) is 2.54. The summed E-state index contributed by atoms with van der Waals surface area (Å²) in [5.74, 6) is 0.507. The molecule has 0 radical (unpaired) electrons. The molecule has 20 heavy (non-hydrogen) atoms. The molecule has 0 fully saturated rings.